The Bertz CT molecular complexity index is 1030. The molecule has 7 nitrogen and oxygen atoms in total. The third kappa shape index (κ3) is 4.78. The lowest BCUT2D eigenvalue weighted by molar-refractivity contribution is -0.120. The smallest absolute Gasteiger partial charge is 0.241 e. The molecule has 4 rings (SSSR count). The summed E-state index contributed by atoms with van der Waals surface area (Å²) < 4.78 is 0. The SMILES string of the molecule is CC(C(=O)Nc1ccccc1C(=O)c1ccccc1)N1CCN(c2ncccn2)CC1. The van der Waals surface area contributed by atoms with Gasteiger partial charge in [0.05, 0.1) is 11.7 Å². The van der Waals surface area contributed by atoms with Crippen molar-refractivity contribution in [1.29, 1.82) is 0 Å². The van der Waals surface area contributed by atoms with Crippen LogP contribution >= 0.6 is 0 Å². The predicted molar refractivity (Wildman–Crippen MR) is 120 cm³/mol. The molecule has 3 aromatic rings. The summed E-state index contributed by atoms with van der Waals surface area (Å²) in [7, 11) is 0. The number of benzene rings is 2. The molecule has 0 bridgehead atoms. The van der Waals surface area contributed by atoms with E-state index in [1.165, 1.54) is 0 Å². The molecule has 1 atom stereocenters. The predicted octanol–water partition coefficient (Wildman–Crippen LogP) is 2.86. The van der Waals surface area contributed by atoms with Crippen molar-refractivity contribution < 1.29 is 9.59 Å². The first-order chi connectivity index (χ1) is 15.1. The molecular formula is C24H25N5O2. The first-order valence-electron chi connectivity index (χ1n) is 10.4. The van der Waals surface area contributed by atoms with Gasteiger partial charge in [0.1, 0.15) is 0 Å². The Morgan fingerprint density at radius 2 is 1.52 bits per heavy atom. The Hall–Kier alpha value is -3.58. The highest BCUT2D eigenvalue weighted by molar-refractivity contribution is 6.14. The minimum absolute atomic E-state index is 0.111. The van der Waals surface area contributed by atoms with E-state index in [1.54, 1.807) is 48.8 Å². The zero-order chi connectivity index (χ0) is 21.6. The fourth-order valence-electron chi connectivity index (χ4n) is 3.70. The second-order valence-electron chi connectivity index (χ2n) is 7.48. The van der Waals surface area contributed by atoms with Crippen LogP contribution in [0.4, 0.5) is 11.6 Å². The van der Waals surface area contributed by atoms with E-state index in [0.717, 1.165) is 26.2 Å². The Kier molecular flexibility index (Phi) is 6.33. The summed E-state index contributed by atoms with van der Waals surface area (Å²) in [5.41, 5.74) is 1.61. The number of nitrogens with one attached hydrogen (secondary N) is 1. The van der Waals surface area contributed by atoms with Gasteiger partial charge in [-0.1, -0.05) is 42.5 Å². The van der Waals surface area contributed by atoms with E-state index in [2.05, 4.69) is 25.1 Å². The van der Waals surface area contributed by atoms with Gasteiger partial charge >= 0.3 is 0 Å². The summed E-state index contributed by atoms with van der Waals surface area (Å²) >= 11 is 0. The number of ketones is 1. The summed E-state index contributed by atoms with van der Waals surface area (Å²) in [5, 5.41) is 2.96. The number of anilines is 2. The molecular weight excluding hydrogens is 390 g/mol. The highest BCUT2D eigenvalue weighted by Crippen LogP contribution is 2.20. The Balaban J connectivity index is 1.40. The number of rotatable bonds is 6. The van der Waals surface area contributed by atoms with E-state index in [9.17, 15) is 9.59 Å². The molecule has 1 aliphatic heterocycles. The molecule has 1 saturated heterocycles. The maximum absolute atomic E-state index is 13.0. The fraction of sp³-hybridized carbons (Fsp3) is 0.250. The van der Waals surface area contributed by atoms with Gasteiger partial charge in [0.2, 0.25) is 11.9 Å². The van der Waals surface area contributed by atoms with Crippen LogP contribution in [0.3, 0.4) is 0 Å². The molecule has 1 aromatic heterocycles. The van der Waals surface area contributed by atoms with Crippen LogP contribution in [-0.4, -0.2) is 58.8 Å². The standard InChI is InChI=1S/C24H25N5O2/c1-18(28-14-16-29(17-15-28)24-25-12-7-13-26-24)23(31)27-21-11-6-5-10-20(21)22(30)19-8-3-2-4-9-19/h2-13,18H,14-17H2,1H3,(H,27,31). The zero-order valence-corrected chi connectivity index (χ0v) is 17.4. The normalized spacial score (nSPS) is 15.3. The minimum Gasteiger partial charge on any atom is -0.338 e. The van der Waals surface area contributed by atoms with Gasteiger partial charge in [-0.2, -0.15) is 0 Å². The van der Waals surface area contributed by atoms with Gasteiger partial charge in [0.25, 0.3) is 0 Å². The van der Waals surface area contributed by atoms with Crippen molar-refractivity contribution in [3.8, 4) is 0 Å². The molecule has 2 heterocycles. The molecule has 7 heteroatoms. The zero-order valence-electron chi connectivity index (χ0n) is 17.4. The number of para-hydroxylation sites is 1. The van der Waals surface area contributed by atoms with Gasteiger partial charge in [-0.25, -0.2) is 9.97 Å². The number of nitrogens with zero attached hydrogens (tertiary/aromatic N) is 4. The van der Waals surface area contributed by atoms with Crippen LogP contribution in [0.15, 0.2) is 73.1 Å². The topological polar surface area (TPSA) is 78.4 Å². The summed E-state index contributed by atoms with van der Waals surface area (Å²) in [5.74, 6) is 0.478. The molecule has 0 radical (unpaired) electrons. The first-order valence-corrected chi connectivity index (χ1v) is 10.4. The summed E-state index contributed by atoms with van der Waals surface area (Å²) in [6.45, 7) is 4.87. The van der Waals surface area contributed by atoms with E-state index < -0.39 is 0 Å². The third-order valence-corrected chi connectivity index (χ3v) is 5.54. The number of piperazine rings is 1. The molecule has 31 heavy (non-hydrogen) atoms. The van der Waals surface area contributed by atoms with Crippen molar-refractivity contribution in [1.82, 2.24) is 14.9 Å². The van der Waals surface area contributed by atoms with Gasteiger partial charge in [-0.3, -0.25) is 14.5 Å². The van der Waals surface area contributed by atoms with Crippen molar-refractivity contribution in [2.45, 2.75) is 13.0 Å². The first kappa shape index (κ1) is 20.7. The lowest BCUT2D eigenvalue weighted by Crippen LogP contribution is -2.53. The van der Waals surface area contributed by atoms with E-state index in [0.29, 0.717) is 22.8 Å². The van der Waals surface area contributed by atoms with E-state index in [1.807, 2.05) is 31.2 Å². The van der Waals surface area contributed by atoms with Crippen LogP contribution in [0.5, 0.6) is 0 Å². The quantitative estimate of drug-likeness (QED) is 0.624. The number of aromatic nitrogens is 2. The highest BCUT2D eigenvalue weighted by Gasteiger charge is 2.27. The molecule has 1 amide bonds. The van der Waals surface area contributed by atoms with Crippen LogP contribution in [-0.2, 0) is 4.79 Å². The molecule has 2 aromatic carbocycles. The Morgan fingerprint density at radius 1 is 0.871 bits per heavy atom. The van der Waals surface area contributed by atoms with Gasteiger partial charge in [-0.15, -0.1) is 0 Å². The minimum atomic E-state index is -0.321. The van der Waals surface area contributed by atoms with E-state index in [4.69, 9.17) is 0 Å². The Labute approximate surface area is 181 Å². The van der Waals surface area contributed by atoms with Crippen molar-refractivity contribution in [2.75, 3.05) is 36.4 Å². The average Bonchev–Trinajstić information content (AvgIpc) is 2.84. The number of hydrogen-bond donors (Lipinski definition) is 1. The second kappa shape index (κ2) is 9.49. The molecule has 1 unspecified atom stereocenters. The molecule has 0 saturated carbocycles. The van der Waals surface area contributed by atoms with Crippen molar-refractivity contribution in [2.24, 2.45) is 0 Å². The molecule has 1 fully saturated rings. The molecule has 0 spiro atoms. The molecule has 1 aliphatic rings. The number of carbonyl (C=O) groups is 2. The number of carbonyl (C=O) groups excluding carboxylic acids is 2. The average molecular weight is 415 g/mol. The van der Waals surface area contributed by atoms with Crippen molar-refractivity contribution in [3.63, 3.8) is 0 Å². The second-order valence-corrected chi connectivity index (χ2v) is 7.48. The van der Waals surface area contributed by atoms with Crippen LogP contribution in [0.25, 0.3) is 0 Å². The van der Waals surface area contributed by atoms with Gasteiger partial charge in [0, 0.05) is 49.7 Å². The molecule has 158 valence electrons. The largest absolute Gasteiger partial charge is 0.338 e. The fourth-order valence-corrected chi connectivity index (χ4v) is 3.70. The van der Waals surface area contributed by atoms with Crippen LogP contribution in [0, 0.1) is 0 Å². The summed E-state index contributed by atoms with van der Waals surface area (Å²) in [4.78, 5) is 38.7. The number of hydrogen-bond acceptors (Lipinski definition) is 6. The Morgan fingerprint density at radius 3 is 2.23 bits per heavy atom. The lowest BCUT2D eigenvalue weighted by Gasteiger charge is -2.37. The third-order valence-electron chi connectivity index (χ3n) is 5.54. The van der Waals surface area contributed by atoms with E-state index in [-0.39, 0.29) is 17.7 Å². The van der Waals surface area contributed by atoms with Crippen LogP contribution < -0.4 is 10.2 Å². The van der Waals surface area contributed by atoms with Gasteiger partial charge in [-0.05, 0) is 25.1 Å². The van der Waals surface area contributed by atoms with E-state index >= 15 is 0 Å². The van der Waals surface area contributed by atoms with Crippen molar-refractivity contribution >= 4 is 23.3 Å². The lowest BCUT2D eigenvalue weighted by atomic mass is 10.0. The maximum Gasteiger partial charge on any atom is 0.241 e. The summed E-state index contributed by atoms with van der Waals surface area (Å²) in [6.07, 6.45) is 3.47. The summed E-state index contributed by atoms with van der Waals surface area (Å²) in [6, 6.07) is 17.7. The molecule has 1 N–H and O–H groups in total. The van der Waals surface area contributed by atoms with Crippen LogP contribution in [0.2, 0.25) is 0 Å². The maximum atomic E-state index is 13.0. The van der Waals surface area contributed by atoms with Crippen LogP contribution in [0.1, 0.15) is 22.8 Å². The number of amides is 1. The molecule has 0 aliphatic carbocycles. The van der Waals surface area contributed by atoms with Gasteiger partial charge in [0.15, 0.2) is 5.78 Å². The highest BCUT2D eigenvalue weighted by atomic mass is 16.2. The van der Waals surface area contributed by atoms with Gasteiger partial charge < -0.3 is 10.2 Å². The van der Waals surface area contributed by atoms with Crippen molar-refractivity contribution in [3.05, 3.63) is 84.2 Å². The monoisotopic (exact) mass is 415 g/mol.